The van der Waals surface area contributed by atoms with Gasteiger partial charge in [-0.15, -0.1) is 11.3 Å². The van der Waals surface area contributed by atoms with E-state index in [0.29, 0.717) is 15.8 Å². The maximum absolute atomic E-state index is 13.7. The van der Waals surface area contributed by atoms with Gasteiger partial charge in [-0.3, -0.25) is 0 Å². The molecule has 1 atom stereocenters. The predicted molar refractivity (Wildman–Crippen MR) is 51.7 cm³/mol. The van der Waals surface area contributed by atoms with Crippen molar-refractivity contribution in [2.24, 2.45) is 0 Å². The Labute approximate surface area is 80.6 Å². The maximum Gasteiger partial charge on any atom is 0.154 e. The van der Waals surface area contributed by atoms with Crippen molar-refractivity contribution in [3.8, 4) is 0 Å². The molecule has 12 heavy (non-hydrogen) atoms. The van der Waals surface area contributed by atoms with Gasteiger partial charge in [-0.2, -0.15) is 0 Å². The lowest BCUT2D eigenvalue weighted by Crippen LogP contribution is -2.28. The van der Waals surface area contributed by atoms with E-state index in [9.17, 15) is 4.39 Å². The average Bonchev–Trinajstić information content (AvgIpc) is 2.36. The molecule has 0 aromatic carbocycles. The van der Waals surface area contributed by atoms with Crippen LogP contribution in [-0.4, -0.2) is 13.6 Å². The highest BCUT2D eigenvalue weighted by Crippen LogP contribution is 2.33. The van der Waals surface area contributed by atoms with Crippen LogP contribution < -0.4 is 5.32 Å². The van der Waals surface area contributed by atoms with E-state index >= 15 is 0 Å². The summed E-state index contributed by atoms with van der Waals surface area (Å²) in [4.78, 5) is 0.668. The number of halogens is 2. The standard InChI is InChI=1S/C8H11ClFNS/c1-8(10,5-11-2)6-3-4-7(9)12-6/h3-4,11H,5H2,1-2H3. The van der Waals surface area contributed by atoms with Crippen LogP contribution >= 0.6 is 22.9 Å². The number of hydrogen-bond acceptors (Lipinski definition) is 2. The summed E-state index contributed by atoms with van der Waals surface area (Å²) in [6.45, 7) is 1.86. The molecule has 0 saturated heterocycles. The molecule has 1 aromatic rings. The van der Waals surface area contributed by atoms with Gasteiger partial charge >= 0.3 is 0 Å². The van der Waals surface area contributed by atoms with E-state index in [-0.39, 0.29) is 0 Å². The molecule has 0 aliphatic heterocycles. The van der Waals surface area contributed by atoms with E-state index in [4.69, 9.17) is 11.6 Å². The normalized spacial score (nSPS) is 16.0. The van der Waals surface area contributed by atoms with Gasteiger partial charge in [-0.25, -0.2) is 4.39 Å². The third-order valence-corrected chi connectivity index (χ3v) is 3.07. The number of nitrogens with one attached hydrogen (secondary N) is 1. The van der Waals surface area contributed by atoms with Crippen LogP contribution in [0.1, 0.15) is 11.8 Å². The Bertz CT molecular complexity index is 259. The third kappa shape index (κ3) is 2.19. The second-order valence-corrected chi connectivity index (χ2v) is 4.55. The molecule has 1 nitrogen and oxygen atoms in total. The lowest BCUT2D eigenvalue weighted by Gasteiger charge is -2.17. The van der Waals surface area contributed by atoms with Gasteiger partial charge < -0.3 is 5.32 Å². The summed E-state index contributed by atoms with van der Waals surface area (Å²) in [5.74, 6) is 0. The zero-order valence-electron chi connectivity index (χ0n) is 7.03. The fourth-order valence-electron chi connectivity index (χ4n) is 1.01. The Balaban J connectivity index is 2.81. The number of alkyl halides is 1. The van der Waals surface area contributed by atoms with Crippen LogP contribution in [0.4, 0.5) is 4.39 Å². The van der Waals surface area contributed by atoms with Crippen molar-refractivity contribution in [1.82, 2.24) is 5.32 Å². The molecular formula is C8H11ClFNS. The second kappa shape index (κ2) is 3.73. The molecule has 0 fully saturated rings. The van der Waals surface area contributed by atoms with Gasteiger partial charge in [0.15, 0.2) is 5.67 Å². The van der Waals surface area contributed by atoms with Crippen LogP contribution in [0.5, 0.6) is 0 Å². The molecule has 1 heterocycles. The van der Waals surface area contributed by atoms with Gasteiger partial charge in [0.25, 0.3) is 0 Å². The number of thiophene rings is 1. The maximum atomic E-state index is 13.7. The van der Waals surface area contributed by atoms with E-state index in [1.807, 2.05) is 0 Å². The molecule has 0 bridgehead atoms. The Morgan fingerprint density at radius 1 is 1.67 bits per heavy atom. The van der Waals surface area contributed by atoms with Crippen LogP contribution in [0.3, 0.4) is 0 Å². The van der Waals surface area contributed by atoms with E-state index in [1.165, 1.54) is 11.3 Å². The van der Waals surface area contributed by atoms with Gasteiger partial charge in [0.05, 0.1) is 4.34 Å². The molecule has 0 saturated carbocycles. The fraction of sp³-hybridized carbons (Fsp3) is 0.500. The predicted octanol–water partition coefficient (Wildman–Crippen LogP) is 2.81. The molecular weight excluding hydrogens is 197 g/mol. The quantitative estimate of drug-likeness (QED) is 0.804. The SMILES string of the molecule is CNCC(C)(F)c1ccc(Cl)s1. The first-order valence-electron chi connectivity index (χ1n) is 3.65. The topological polar surface area (TPSA) is 12.0 Å². The number of hydrogen-bond donors (Lipinski definition) is 1. The summed E-state index contributed by atoms with van der Waals surface area (Å²) >= 11 is 6.98. The zero-order chi connectivity index (χ0) is 9.19. The minimum absolute atomic E-state index is 0.309. The molecule has 68 valence electrons. The van der Waals surface area contributed by atoms with E-state index in [0.717, 1.165) is 0 Å². The van der Waals surface area contributed by atoms with Gasteiger partial charge in [0.2, 0.25) is 0 Å². The van der Waals surface area contributed by atoms with Gasteiger partial charge in [-0.1, -0.05) is 11.6 Å². The van der Waals surface area contributed by atoms with Crippen molar-refractivity contribution in [3.63, 3.8) is 0 Å². The number of likely N-dealkylation sites (N-methyl/N-ethyl adjacent to an activating group) is 1. The van der Waals surface area contributed by atoms with Crippen LogP contribution in [0.15, 0.2) is 12.1 Å². The molecule has 0 amide bonds. The monoisotopic (exact) mass is 207 g/mol. The van der Waals surface area contributed by atoms with Gasteiger partial charge in [0, 0.05) is 11.4 Å². The van der Waals surface area contributed by atoms with Crippen molar-refractivity contribution < 1.29 is 4.39 Å². The lowest BCUT2D eigenvalue weighted by molar-refractivity contribution is 0.196. The minimum Gasteiger partial charge on any atom is -0.316 e. The molecule has 1 unspecified atom stereocenters. The average molecular weight is 208 g/mol. The van der Waals surface area contributed by atoms with Crippen LogP contribution in [-0.2, 0) is 5.67 Å². The molecule has 1 aromatic heterocycles. The van der Waals surface area contributed by atoms with Crippen molar-refractivity contribution in [3.05, 3.63) is 21.3 Å². The highest BCUT2D eigenvalue weighted by atomic mass is 35.5. The first kappa shape index (κ1) is 9.96. The van der Waals surface area contributed by atoms with Gasteiger partial charge in [0.1, 0.15) is 0 Å². The Kier molecular flexibility index (Phi) is 3.09. The Morgan fingerprint density at radius 3 is 2.75 bits per heavy atom. The first-order chi connectivity index (χ1) is 5.56. The fourth-order valence-corrected chi connectivity index (χ4v) is 2.09. The first-order valence-corrected chi connectivity index (χ1v) is 4.85. The molecule has 1 N–H and O–H groups in total. The summed E-state index contributed by atoms with van der Waals surface area (Å²) in [6, 6.07) is 3.44. The highest BCUT2D eigenvalue weighted by molar-refractivity contribution is 7.16. The number of rotatable bonds is 3. The molecule has 0 radical (unpaired) electrons. The summed E-state index contributed by atoms with van der Waals surface area (Å²) < 4.78 is 14.4. The summed E-state index contributed by atoms with van der Waals surface area (Å²) in [5.41, 5.74) is -1.31. The van der Waals surface area contributed by atoms with E-state index in [2.05, 4.69) is 5.32 Å². The van der Waals surface area contributed by atoms with Crippen LogP contribution in [0.2, 0.25) is 4.34 Å². The highest BCUT2D eigenvalue weighted by Gasteiger charge is 2.26. The van der Waals surface area contributed by atoms with Crippen molar-refractivity contribution in [2.75, 3.05) is 13.6 Å². The van der Waals surface area contributed by atoms with Crippen LogP contribution in [0.25, 0.3) is 0 Å². The van der Waals surface area contributed by atoms with Crippen molar-refractivity contribution in [2.45, 2.75) is 12.6 Å². The second-order valence-electron chi connectivity index (χ2n) is 2.83. The molecule has 0 aliphatic rings. The van der Waals surface area contributed by atoms with Gasteiger partial charge in [-0.05, 0) is 26.1 Å². The summed E-state index contributed by atoms with van der Waals surface area (Å²) in [6.07, 6.45) is 0. The lowest BCUT2D eigenvalue weighted by atomic mass is 10.1. The molecule has 0 spiro atoms. The minimum atomic E-state index is -1.31. The largest absolute Gasteiger partial charge is 0.316 e. The summed E-state index contributed by atoms with van der Waals surface area (Å²) in [5, 5.41) is 2.80. The van der Waals surface area contributed by atoms with Crippen molar-refractivity contribution >= 4 is 22.9 Å². The molecule has 1 rings (SSSR count). The zero-order valence-corrected chi connectivity index (χ0v) is 8.60. The smallest absolute Gasteiger partial charge is 0.154 e. The van der Waals surface area contributed by atoms with Crippen LogP contribution in [0, 0.1) is 0 Å². The van der Waals surface area contributed by atoms with E-state index in [1.54, 1.807) is 26.1 Å². The summed E-state index contributed by atoms with van der Waals surface area (Å²) in [7, 11) is 1.73. The third-order valence-electron chi connectivity index (χ3n) is 1.60. The Hall–Kier alpha value is -0.120. The van der Waals surface area contributed by atoms with Crippen molar-refractivity contribution in [1.29, 1.82) is 0 Å². The molecule has 4 heteroatoms. The van der Waals surface area contributed by atoms with E-state index < -0.39 is 5.67 Å². The Morgan fingerprint density at radius 2 is 2.33 bits per heavy atom. The molecule has 0 aliphatic carbocycles.